The third kappa shape index (κ3) is 7.09. The van der Waals surface area contributed by atoms with Crippen molar-refractivity contribution in [1.82, 2.24) is 24.9 Å². The quantitative estimate of drug-likeness (QED) is 0.518. The summed E-state index contributed by atoms with van der Waals surface area (Å²) in [6.45, 7) is 9.09. The van der Waals surface area contributed by atoms with E-state index in [2.05, 4.69) is 79.5 Å². The van der Waals surface area contributed by atoms with E-state index >= 15 is 0 Å². The van der Waals surface area contributed by atoms with Crippen molar-refractivity contribution in [3.63, 3.8) is 0 Å². The summed E-state index contributed by atoms with van der Waals surface area (Å²) in [7, 11) is 8.12. The lowest BCUT2D eigenvalue weighted by Gasteiger charge is -2.25. The van der Waals surface area contributed by atoms with Crippen LogP contribution in [0.4, 0.5) is 0 Å². The number of hydrogen-bond acceptors (Lipinski definition) is 4. The van der Waals surface area contributed by atoms with Crippen molar-refractivity contribution in [2.24, 2.45) is 12.0 Å². The van der Waals surface area contributed by atoms with Crippen LogP contribution < -0.4 is 10.1 Å². The molecule has 0 aliphatic carbocycles. The van der Waals surface area contributed by atoms with E-state index < -0.39 is 0 Å². The number of guanidine groups is 1. The molecule has 1 aromatic heterocycles. The summed E-state index contributed by atoms with van der Waals surface area (Å²) in [4.78, 5) is 9.16. The van der Waals surface area contributed by atoms with E-state index in [4.69, 9.17) is 9.73 Å². The van der Waals surface area contributed by atoms with Crippen LogP contribution in [0.2, 0.25) is 0 Å². The second-order valence-corrected chi connectivity index (χ2v) is 7.71. The van der Waals surface area contributed by atoms with Gasteiger partial charge in [-0.25, -0.2) is 0 Å². The summed E-state index contributed by atoms with van der Waals surface area (Å²) in [5.41, 5.74) is 3.60. The molecule has 1 unspecified atom stereocenters. The molecule has 0 saturated heterocycles. The van der Waals surface area contributed by atoms with Crippen molar-refractivity contribution >= 4 is 5.96 Å². The molecule has 7 heteroatoms. The van der Waals surface area contributed by atoms with Gasteiger partial charge in [-0.15, -0.1) is 0 Å². The first-order valence-electron chi connectivity index (χ1n) is 10.2. The van der Waals surface area contributed by atoms with Gasteiger partial charge in [-0.3, -0.25) is 9.67 Å². The zero-order chi connectivity index (χ0) is 21.4. The van der Waals surface area contributed by atoms with Crippen molar-refractivity contribution in [2.45, 2.75) is 26.8 Å². The Morgan fingerprint density at radius 1 is 1.21 bits per heavy atom. The third-order valence-electron chi connectivity index (χ3n) is 4.73. The Morgan fingerprint density at radius 2 is 1.90 bits per heavy atom. The van der Waals surface area contributed by atoms with E-state index in [1.165, 1.54) is 11.1 Å². The van der Waals surface area contributed by atoms with Gasteiger partial charge in [0.1, 0.15) is 12.4 Å². The van der Waals surface area contributed by atoms with Gasteiger partial charge in [-0.05, 0) is 58.1 Å². The van der Waals surface area contributed by atoms with Crippen LogP contribution in [0.3, 0.4) is 0 Å². The molecule has 0 aliphatic heterocycles. The van der Waals surface area contributed by atoms with Crippen LogP contribution >= 0.6 is 0 Å². The van der Waals surface area contributed by atoms with E-state index in [9.17, 15) is 0 Å². The smallest absolute Gasteiger partial charge is 0.193 e. The molecular weight excluding hydrogens is 364 g/mol. The normalized spacial score (nSPS) is 12.9. The number of rotatable bonds is 9. The fraction of sp³-hybridized carbons (Fsp3) is 0.545. The van der Waals surface area contributed by atoms with Crippen molar-refractivity contribution in [1.29, 1.82) is 0 Å². The second-order valence-electron chi connectivity index (χ2n) is 7.71. The SMILES string of the molecule is CCNC(=NCC(c1cnn(C)c1)N(C)C)N(C)CCOc1cc(C)cc(C)c1. The first-order chi connectivity index (χ1) is 13.8. The van der Waals surface area contributed by atoms with Crippen LogP contribution in [0.5, 0.6) is 5.75 Å². The largest absolute Gasteiger partial charge is 0.492 e. The van der Waals surface area contributed by atoms with Crippen LogP contribution in [-0.2, 0) is 7.05 Å². The van der Waals surface area contributed by atoms with E-state index in [1.807, 2.05) is 25.0 Å². The van der Waals surface area contributed by atoms with Gasteiger partial charge in [0.25, 0.3) is 0 Å². The standard InChI is InChI=1S/C22H36N6O/c1-8-23-22(24-15-21(26(4)5)19-14-25-28(7)16-19)27(6)9-10-29-20-12-17(2)11-18(3)13-20/h11-14,16,21H,8-10,15H2,1-7H3,(H,23,24). The van der Waals surface area contributed by atoms with Crippen molar-refractivity contribution in [3.05, 3.63) is 47.3 Å². The molecule has 2 aromatic rings. The van der Waals surface area contributed by atoms with Gasteiger partial charge in [0, 0.05) is 32.4 Å². The number of aryl methyl sites for hydroxylation is 3. The highest BCUT2D eigenvalue weighted by Crippen LogP contribution is 2.18. The molecule has 1 N–H and O–H groups in total. The fourth-order valence-electron chi connectivity index (χ4n) is 3.24. The minimum atomic E-state index is 0.178. The van der Waals surface area contributed by atoms with Crippen molar-refractivity contribution < 1.29 is 4.74 Å². The zero-order valence-corrected chi connectivity index (χ0v) is 18.9. The average Bonchev–Trinajstić information content (AvgIpc) is 3.05. The minimum Gasteiger partial charge on any atom is -0.492 e. The molecule has 2 rings (SSSR count). The Morgan fingerprint density at radius 3 is 2.45 bits per heavy atom. The number of nitrogens with one attached hydrogen (secondary N) is 1. The number of hydrogen-bond donors (Lipinski definition) is 1. The van der Waals surface area contributed by atoms with Crippen LogP contribution in [0, 0.1) is 13.8 Å². The molecule has 0 aliphatic rings. The topological polar surface area (TPSA) is 57.9 Å². The minimum absolute atomic E-state index is 0.178. The summed E-state index contributed by atoms with van der Waals surface area (Å²) in [6.07, 6.45) is 3.96. The Labute approximate surface area is 175 Å². The molecule has 7 nitrogen and oxygen atoms in total. The van der Waals surface area contributed by atoms with Crippen molar-refractivity contribution in [2.75, 3.05) is 47.4 Å². The molecule has 1 atom stereocenters. The maximum absolute atomic E-state index is 5.96. The molecule has 0 fully saturated rings. The maximum Gasteiger partial charge on any atom is 0.193 e. The maximum atomic E-state index is 5.96. The van der Waals surface area contributed by atoms with Gasteiger partial charge in [-0.2, -0.15) is 5.10 Å². The number of nitrogens with zero attached hydrogens (tertiary/aromatic N) is 5. The summed E-state index contributed by atoms with van der Waals surface area (Å²) in [5, 5.41) is 7.68. The number of likely N-dealkylation sites (N-methyl/N-ethyl adjacent to an activating group) is 2. The highest BCUT2D eigenvalue weighted by Gasteiger charge is 2.16. The van der Waals surface area contributed by atoms with Gasteiger partial charge in [0.05, 0.1) is 25.3 Å². The van der Waals surface area contributed by atoms with E-state index in [1.54, 1.807) is 0 Å². The van der Waals surface area contributed by atoms with E-state index in [0.717, 1.165) is 30.4 Å². The summed E-state index contributed by atoms with van der Waals surface area (Å²) >= 11 is 0. The highest BCUT2D eigenvalue weighted by atomic mass is 16.5. The summed E-state index contributed by atoms with van der Waals surface area (Å²) < 4.78 is 7.79. The van der Waals surface area contributed by atoms with Gasteiger partial charge in [0.15, 0.2) is 5.96 Å². The average molecular weight is 401 g/mol. The molecule has 0 amide bonds. The lowest BCUT2D eigenvalue weighted by atomic mass is 10.1. The van der Waals surface area contributed by atoms with Crippen LogP contribution in [0.1, 0.15) is 29.7 Å². The summed E-state index contributed by atoms with van der Waals surface area (Å²) in [5.74, 6) is 1.80. The number of benzene rings is 1. The van der Waals surface area contributed by atoms with Gasteiger partial charge in [-0.1, -0.05) is 6.07 Å². The Balaban J connectivity index is 1.98. The molecule has 160 valence electrons. The number of aliphatic imine (C=N–C) groups is 1. The van der Waals surface area contributed by atoms with Gasteiger partial charge >= 0.3 is 0 Å². The van der Waals surface area contributed by atoms with Crippen LogP contribution in [-0.4, -0.2) is 72.9 Å². The molecule has 0 saturated carbocycles. The Hall–Kier alpha value is -2.54. The van der Waals surface area contributed by atoms with E-state index in [0.29, 0.717) is 13.2 Å². The monoisotopic (exact) mass is 400 g/mol. The van der Waals surface area contributed by atoms with E-state index in [-0.39, 0.29) is 6.04 Å². The summed E-state index contributed by atoms with van der Waals surface area (Å²) in [6, 6.07) is 6.47. The van der Waals surface area contributed by atoms with Crippen LogP contribution in [0.25, 0.3) is 0 Å². The molecule has 1 aromatic carbocycles. The molecule has 0 spiro atoms. The lowest BCUT2D eigenvalue weighted by molar-refractivity contribution is 0.279. The fourth-order valence-corrected chi connectivity index (χ4v) is 3.24. The highest BCUT2D eigenvalue weighted by molar-refractivity contribution is 5.79. The first-order valence-corrected chi connectivity index (χ1v) is 10.2. The predicted octanol–water partition coefficient (Wildman–Crippen LogP) is 2.62. The lowest BCUT2D eigenvalue weighted by Crippen LogP contribution is -2.41. The third-order valence-corrected chi connectivity index (χ3v) is 4.73. The molecule has 0 radical (unpaired) electrons. The zero-order valence-electron chi connectivity index (χ0n) is 18.9. The van der Waals surface area contributed by atoms with Crippen molar-refractivity contribution in [3.8, 4) is 5.75 Å². The molecule has 0 bridgehead atoms. The Bertz CT molecular complexity index is 778. The van der Waals surface area contributed by atoms with Gasteiger partial charge in [0.2, 0.25) is 0 Å². The Kier molecular flexibility index (Phi) is 8.51. The first kappa shape index (κ1) is 22.7. The molecule has 29 heavy (non-hydrogen) atoms. The number of ether oxygens (including phenoxy) is 1. The number of aromatic nitrogens is 2. The second kappa shape index (κ2) is 10.9. The van der Waals surface area contributed by atoms with Crippen LogP contribution in [0.15, 0.2) is 35.6 Å². The van der Waals surface area contributed by atoms with Gasteiger partial charge < -0.3 is 19.9 Å². The predicted molar refractivity (Wildman–Crippen MR) is 120 cm³/mol. The molecular formula is C22H36N6O. The molecule has 1 heterocycles.